The molecule has 0 saturated carbocycles. The van der Waals surface area contributed by atoms with E-state index in [9.17, 15) is 4.39 Å². The average Bonchev–Trinajstić information content (AvgIpc) is 2.53. The SMILES string of the molecule is CCC1(COCCCCCCCCc2ccc(F)cc2)COC1. The molecule has 1 aliphatic rings. The Morgan fingerprint density at radius 3 is 2.26 bits per heavy atom. The fraction of sp³-hybridized carbons (Fsp3) is 0.700. The molecule has 1 aromatic rings. The Hall–Kier alpha value is -0.930. The van der Waals surface area contributed by atoms with Gasteiger partial charge in [-0.25, -0.2) is 4.39 Å². The van der Waals surface area contributed by atoms with Crippen LogP contribution in [0.3, 0.4) is 0 Å². The lowest BCUT2D eigenvalue weighted by molar-refractivity contribution is -0.150. The van der Waals surface area contributed by atoms with Crippen molar-refractivity contribution < 1.29 is 13.9 Å². The summed E-state index contributed by atoms with van der Waals surface area (Å²) in [6.07, 6.45) is 9.66. The number of hydrogen-bond acceptors (Lipinski definition) is 2. The van der Waals surface area contributed by atoms with Crippen LogP contribution < -0.4 is 0 Å². The minimum Gasteiger partial charge on any atom is -0.381 e. The summed E-state index contributed by atoms with van der Waals surface area (Å²) >= 11 is 0. The molecule has 0 bridgehead atoms. The molecule has 23 heavy (non-hydrogen) atoms. The standard InChI is InChI=1S/C20H31FO2/c1-2-20(16-23-17-20)15-22-14-8-6-4-3-5-7-9-18-10-12-19(21)13-11-18/h10-13H,2-9,14-17H2,1H3. The van der Waals surface area contributed by atoms with Gasteiger partial charge in [0.15, 0.2) is 0 Å². The Kier molecular flexibility index (Phi) is 8.04. The van der Waals surface area contributed by atoms with Crippen LogP contribution in [-0.2, 0) is 15.9 Å². The third kappa shape index (κ3) is 6.60. The Balaban J connectivity index is 1.37. The second-order valence-electron chi connectivity index (χ2n) is 6.90. The number of aryl methyl sites for hydroxylation is 1. The smallest absolute Gasteiger partial charge is 0.123 e. The normalized spacial score (nSPS) is 16.3. The van der Waals surface area contributed by atoms with E-state index in [-0.39, 0.29) is 5.82 Å². The second-order valence-corrected chi connectivity index (χ2v) is 6.90. The first-order valence-electron chi connectivity index (χ1n) is 9.14. The highest BCUT2D eigenvalue weighted by Crippen LogP contribution is 2.31. The van der Waals surface area contributed by atoms with Gasteiger partial charge in [0.1, 0.15) is 5.82 Å². The summed E-state index contributed by atoms with van der Waals surface area (Å²) in [6, 6.07) is 6.88. The van der Waals surface area contributed by atoms with E-state index in [4.69, 9.17) is 9.47 Å². The lowest BCUT2D eigenvalue weighted by atomic mass is 9.84. The minimum atomic E-state index is -0.148. The Morgan fingerprint density at radius 2 is 1.65 bits per heavy atom. The van der Waals surface area contributed by atoms with E-state index < -0.39 is 0 Å². The van der Waals surface area contributed by atoms with Gasteiger partial charge in [-0.05, 0) is 43.4 Å². The molecule has 0 radical (unpaired) electrons. The van der Waals surface area contributed by atoms with Crippen LogP contribution in [0.4, 0.5) is 4.39 Å². The predicted octanol–water partition coefficient (Wildman–Crippen LogP) is 5.15. The van der Waals surface area contributed by atoms with Crippen LogP contribution in [0, 0.1) is 11.2 Å². The maximum Gasteiger partial charge on any atom is 0.123 e. The summed E-state index contributed by atoms with van der Waals surface area (Å²) in [5, 5.41) is 0. The van der Waals surface area contributed by atoms with Crippen LogP contribution in [0.15, 0.2) is 24.3 Å². The highest BCUT2D eigenvalue weighted by atomic mass is 19.1. The van der Waals surface area contributed by atoms with Crippen molar-refractivity contribution in [1.82, 2.24) is 0 Å². The number of rotatable bonds is 12. The molecular weight excluding hydrogens is 291 g/mol. The van der Waals surface area contributed by atoms with Crippen molar-refractivity contribution in [2.45, 2.75) is 58.3 Å². The van der Waals surface area contributed by atoms with Gasteiger partial charge in [0.05, 0.1) is 19.8 Å². The summed E-state index contributed by atoms with van der Waals surface area (Å²) in [7, 11) is 0. The van der Waals surface area contributed by atoms with Gasteiger partial charge in [0.25, 0.3) is 0 Å². The number of unbranched alkanes of at least 4 members (excludes halogenated alkanes) is 5. The van der Waals surface area contributed by atoms with Crippen molar-refractivity contribution in [2.75, 3.05) is 26.4 Å². The van der Waals surface area contributed by atoms with Gasteiger partial charge in [0, 0.05) is 12.0 Å². The Morgan fingerprint density at radius 1 is 1.00 bits per heavy atom. The van der Waals surface area contributed by atoms with Gasteiger partial charge < -0.3 is 9.47 Å². The fourth-order valence-corrected chi connectivity index (χ4v) is 2.96. The molecule has 1 saturated heterocycles. The van der Waals surface area contributed by atoms with Crippen molar-refractivity contribution in [3.63, 3.8) is 0 Å². The Bertz CT molecular complexity index is 420. The fourth-order valence-electron chi connectivity index (χ4n) is 2.96. The summed E-state index contributed by atoms with van der Waals surface area (Å²) < 4.78 is 23.9. The molecule has 0 spiro atoms. The maximum atomic E-state index is 12.8. The molecule has 1 aliphatic heterocycles. The van der Waals surface area contributed by atoms with Crippen molar-refractivity contribution >= 4 is 0 Å². The first-order valence-corrected chi connectivity index (χ1v) is 9.14. The zero-order valence-corrected chi connectivity index (χ0v) is 14.5. The van der Waals surface area contributed by atoms with Crippen molar-refractivity contribution in [3.8, 4) is 0 Å². The zero-order valence-electron chi connectivity index (χ0n) is 14.5. The van der Waals surface area contributed by atoms with E-state index >= 15 is 0 Å². The summed E-state index contributed by atoms with van der Waals surface area (Å²) in [4.78, 5) is 0. The third-order valence-corrected chi connectivity index (χ3v) is 4.89. The molecule has 1 fully saturated rings. The van der Waals surface area contributed by atoms with Crippen LogP contribution >= 0.6 is 0 Å². The minimum absolute atomic E-state index is 0.148. The molecule has 1 heterocycles. The third-order valence-electron chi connectivity index (χ3n) is 4.89. The van der Waals surface area contributed by atoms with Crippen LogP contribution in [0.25, 0.3) is 0 Å². The first-order chi connectivity index (χ1) is 11.2. The van der Waals surface area contributed by atoms with E-state index in [1.54, 1.807) is 12.1 Å². The molecule has 2 rings (SSSR count). The molecule has 0 amide bonds. The largest absolute Gasteiger partial charge is 0.381 e. The van der Waals surface area contributed by atoms with Crippen molar-refractivity contribution in [1.29, 1.82) is 0 Å². The molecule has 0 atom stereocenters. The number of benzene rings is 1. The monoisotopic (exact) mass is 322 g/mol. The molecular formula is C20H31FO2. The summed E-state index contributed by atoms with van der Waals surface area (Å²) in [6.45, 7) is 5.71. The molecule has 0 aromatic heterocycles. The van der Waals surface area contributed by atoms with E-state index in [1.165, 1.54) is 44.1 Å². The van der Waals surface area contributed by atoms with Gasteiger partial charge in [0.2, 0.25) is 0 Å². The molecule has 130 valence electrons. The predicted molar refractivity (Wildman–Crippen MR) is 92.2 cm³/mol. The van der Waals surface area contributed by atoms with Gasteiger partial charge in [-0.15, -0.1) is 0 Å². The number of hydrogen-bond donors (Lipinski definition) is 0. The van der Waals surface area contributed by atoms with Crippen LogP contribution in [0.2, 0.25) is 0 Å². The highest BCUT2D eigenvalue weighted by molar-refractivity contribution is 5.15. The van der Waals surface area contributed by atoms with Gasteiger partial charge in [-0.3, -0.25) is 0 Å². The number of halogens is 1. The van der Waals surface area contributed by atoms with Crippen LogP contribution in [-0.4, -0.2) is 26.4 Å². The highest BCUT2D eigenvalue weighted by Gasteiger charge is 2.36. The van der Waals surface area contributed by atoms with Crippen LogP contribution in [0.1, 0.15) is 57.4 Å². The zero-order chi connectivity index (χ0) is 16.4. The lowest BCUT2D eigenvalue weighted by Crippen LogP contribution is -2.45. The number of ether oxygens (including phenoxy) is 2. The molecule has 0 N–H and O–H groups in total. The molecule has 0 unspecified atom stereocenters. The molecule has 0 aliphatic carbocycles. The van der Waals surface area contributed by atoms with E-state index in [1.807, 2.05) is 12.1 Å². The van der Waals surface area contributed by atoms with E-state index in [0.29, 0.717) is 5.41 Å². The Labute approximate surface area is 140 Å². The van der Waals surface area contributed by atoms with E-state index in [0.717, 1.165) is 39.3 Å². The topological polar surface area (TPSA) is 18.5 Å². The second kappa shape index (κ2) is 10.0. The first kappa shape index (κ1) is 18.4. The summed E-state index contributed by atoms with van der Waals surface area (Å²) in [5.41, 5.74) is 1.56. The van der Waals surface area contributed by atoms with Gasteiger partial charge >= 0.3 is 0 Å². The molecule has 1 aromatic carbocycles. The van der Waals surface area contributed by atoms with Crippen LogP contribution in [0.5, 0.6) is 0 Å². The van der Waals surface area contributed by atoms with Crippen molar-refractivity contribution in [2.24, 2.45) is 5.41 Å². The van der Waals surface area contributed by atoms with Crippen molar-refractivity contribution in [3.05, 3.63) is 35.6 Å². The molecule has 2 nitrogen and oxygen atoms in total. The lowest BCUT2D eigenvalue weighted by Gasteiger charge is -2.40. The maximum absolute atomic E-state index is 12.8. The molecule has 3 heteroatoms. The van der Waals surface area contributed by atoms with E-state index in [2.05, 4.69) is 6.92 Å². The van der Waals surface area contributed by atoms with Gasteiger partial charge in [-0.2, -0.15) is 0 Å². The quantitative estimate of drug-likeness (QED) is 0.495. The summed E-state index contributed by atoms with van der Waals surface area (Å²) in [5.74, 6) is -0.148. The van der Waals surface area contributed by atoms with Gasteiger partial charge in [-0.1, -0.05) is 44.7 Å². The average molecular weight is 322 g/mol.